The van der Waals surface area contributed by atoms with Crippen LogP contribution in [0.1, 0.15) is 12.1 Å². The number of thiazole rings is 1. The summed E-state index contributed by atoms with van der Waals surface area (Å²) in [7, 11) is -2.97. The number of rotatable bonds is 4. The van der Waals surface area contributed by atoms with E-state index in [-0.39, 0.29) is 29.9 Å². The first-order valence-electron chi connectivity index (χ1n) is 7.01. The highest BCUT2D eigenvalue weighted by Crippen LogP contribution is 2.23. The highest BCUT2D eigenvalue weighted by Gasteiger charge is 2.28. The van der Waals surface area contributed by atoms with E-state index in [0.29, 0.717) is 12.1 Å². The third kappa shape index (κ3) is 3.72. The number of benzene rings is 1. The molecule has 22 heavy (non-hydrogen) atoms. The predicted molar refractivity (Wildman–Crippen MR) is 86.5 cm³/mol. The number of amides is 1. The van der Waals surface area contributed by atoms with Crippen LogP contribution in [-0.4, -0.2) is 36.9 Å². The summed E-state index contributed by atoms with van der Waals surface area (Å²) in [4.78, 5) is 16.4. The average Bonchev–Trinajstić information content (AvgIpc) is 3.06. The minimum atomic E-state index is -2.97. The van der Waals surface area contributed by atoms with Crippen molar-refractivity contribution in [1.82, 2.24) is 10.3 Å². The number of carbonyl (C=O) groups excluding carboxylic acids is 1. The van der Waals surface area contributed by atoms with Crippen molar-refractivity contribution in [2.75, 3.05) is 11.5 Å². The first-order chi connectivity index (χ1) is 10.5. The number of carbonyl (C=O) groups is 1. The van der Waals surface area contributed by atoms with Gasteiger partial charge in [-0.1, -0.05) is 30.3 Å². The molecule has 1 fully saturated rings. The zero-order valence-electron chi connectivity index (χ0n) is 11.9. The van der Waals surface area contributed by atoms with Crippen LogP contribution in [0.3, 0.4) is 0 Å². The molecule has 0 radical (unpaired) electrons. The summed E-state index contributed by atoms with van der Waals surface area (Å²) < 4.78 is 22.8. The summed E-state index contributed by atoms with van der Waals surface area (Å²) in [5, 5.41) is 5.53. The van der Waals surface area contributed by atoms with Crippen molar-refractivity contribution in [3.63, 3.8) is 0 Å². The van der Waals surface area contributed by atoms with Crippen molar-refractivity contribution in [2.45, 2.75) is 18.9 Å². The lowest BCUT2D eigenvalue weighted by Crippen LogP contribution is -2.36. The molecule has 1 saturated heterocycles. The van der Waals surface area contributed by atoms with Crippen LogP contribution < -0.4 is 5.32 Å². The molecular weight excluding hydrogens is 320 g/mol. The van der Waals surface area contributed by atoms with Crippen molar-refractivity contribution in [2.24, 2.45) is 0 Å². The molecular formula is C15H16N2O3S2. The van der Waals surface area contributed by atoms with E-state index in [1.165, 1.54) is 11.3 Å². The number of aromatic nitrogens is 1. The van der Waals surface area contributed by atoms with E-state index >= 15 is 0 Å². The van der Waals surface area contributed by atoms with Gasteiger partial charge in [-0.2, -0.15) is 0 Å². The number of hydrogen-bond acceptors (Lipinski definition) is 5. The topological polar surface area (TPSA) is 76.1 Å². The van der Waals surface area contributed by atoms with E-state index in [0.717, 1.165) is 10.6 Å². The van der Waals surface area contributed by atoms with Crippen LogP contribution >= 0.6 is 11.3 Å². The van der Waals surface area contributed by atoms with Gasteiger partial charge in [-0.3, -0.25) is 4.79 Å². The third-order valence-corrected chi connectivity index (χ3v) is 6.22. The van der Waals surface area contributed by atoms with E-state index in [2.05, 4.69) is 10.3 Å². The van der Waals surface area contributed by atoms with Gasteiger partial charge in [0.15, 0.2) is 9.84 Å². The third-order valence-electron chi connectivity index (χ3n) is 3.51. The maximum Gasteiger partial charge on any atom is 0.226 e. The molecule has 1 aromatic carbocycles. The molecule has 1 amide bonds. The fraction of sp³-hybridized carbons (Fsp3) is 0.333. The fourth-order valence-corrected chi connectivity index (χ4v) is 4.95. The first-order valence-corrected chi connectivity index (χ1v) is 9.71. The summed E-state index contributed by atoms with van der Waals surface area (Å²) in [6.45, 7) is 0. The van der Waals surface area contributed by atoms with Crippen molar-refractivity contribution in [3.8, 4) is 10.6 Å². The Morgan fingerprint density at radius 3 is 2.77 bits per heavy atom. The molecule has 1 aliphatic rings. The lowest BCUT2D eigenvalue weighted by molar-refractivity contribution is -0.121. The Hall–Kier alpha value is -1.73. The van der Waals surface area contributed by atoms with E-state index in [1.54, 1.807) is 0 Å². The minimum absolute atomic E-state index is 0.0467. The maximum absolute atomic E-state index is 12.0. The molecule has 116 valence electrons. The fourth-order valence-electron chi connectivity index (χ4n) is 2.45. The lowest BCUT2D eigenvalue weighted by atomic mass is 10.2. The normalized spacial score (nSPS) is 19.9. The number of hydrogen-bond donors (Lipinski definition) is 1. The van der Waals surface area contributed by atoms with E-state index < -0.39 is 9.84 Å². The van der Waals surface area contributed by atoms with Crippen molar-refractivity contribution in [3.05, 3.63) is 41.4 Å². The van der Waals surface area contributed by atoms with E-state index in [4.69, 9.17) is 0 Å². The van der Waals surface area contributed by atoms with Crippen molar-refractivity contribution >= 4 is 27.1 Å². The van der Waals surface area contributed by atoms with Gasteiger partial charge in [-0.25, -0.2) is 13.4 Å². The molecule has 0 spiro atoms. The molecule has 1 aliphatic heterocycles. The van der Waals surface area contributed by atoms with Gasteiger partial charge in [0.1, 0.15) is 5.01 Å². The average molecular weight is 336 g/mol. The van der Waals surface area contributed by atoms with Crippen molar-refractivity contribution < 1.29 is 13.2 Å². The second-order valence-corrected chi connectivity index (χ2v) is 8.44. The van der Waals surface area contributed by atoms with Crippen molar-refractivity contribution in [1.29, 1.82) is 0 Å². The Kier molecular flexibility index (Phi) is 4.26. The Labute approximate surface area is 133 Å². The molecule has 1 aromatic heterocycles. The Balaban J connectivity index is 1.60. The molecule has 0 bridgehead atoms. The summed E-state index contributed by atoms with van der Waals surface area (Å²) in [5.74, 6) is 0.0322. The zero-order chi connectivity index (χ0) is 15.6. The highest BCUT2D eigenvalue weighted by atomic mass is 32.2. The van der Waals surface area contributed by atoms with Gasteiger partial charge in [-0.05, 0) is 6.42 Å². The van der Waals surface area contributed by atoms with Crippen LogP contribution in [-0.2, 0) is 21.1 Å². The zero-order valence-corrected chi connectivity index (χ0v) is 13.5. The Morgan fingerprint density at radius 1 is 1.32 bits per heavy atom. The van der Waals surface area contributed by atoms with Crippen LogP contribution in [0.15, 0.2) is 35.7 Å². The number of nitrogens with zero attached hydrogens (tertiary/aromatic N) is 1. The number of nitrogens with one attached hydrogen (secondary N) is 1. The van der Waals surface area contributed by atoms with Crippen LogP contribution in [0, 0.1) is 0 Å². The smallest absolute Gasteiger partial charge is 0.226 e. The summed E-state index contributed by atoms with van der Waals surface area (Å²) in [5.41, 5.74) is 1.74. The SMILES string of the molecule is O=C(Cc1csc(-c2ccccc2)n1)N[C@H]1CCS(=O)(=O)C1. The molecule has 7 heteroatoms. The maximum atomic E-state index is 12.0. The molecule has 1 N–H and O–H groups in total. The van der Waals surface area contributed by atoms with E-state index in [9.17, 15) is 13.2 Å². The molecule has 0 saturated carbocycles. The lowest BCUT2D eigenvalue weighted by Gasteiger charge is -2.09. The standard InChI is InChI=1S/C15H16N2O3S2/c18-14(16-12-6-7-22(19,20)10-12)8-13-9-21-15(17-13)11-4-2-1-3-5-11/h1-5,9,12H,6-8,10H2,(H,16,18)/t12-/m0/s1. The molecule has 5 nitrogen and oxygen atoms in total. The summed E-state index contributed by atoms with van der Waals surface area (Å²) >= 11 is 1.50. The van der Waals surface area contributed by atoms with Gasteiger partial charge in [0, 0.05) is 17.0 Å². The molecule has 0 unspecified atom stereocenters. The van der Waals surface area contributed by atoms with Gasteiger partial charge < -0.3 is 5.32 Å². The van der Waals surface area contributed by atoms with Crippen LogP contribution in [0.5, 0.6) is 0 Å². The van der Waals surface area contributed by atoms with Crippen LogP contribution in [0.4, 0.5) is 0 Å². The predicted octanol–water partition coefficient (Wildman–Crippen LogP) is 1.66. The second kappa shape index (κ2) is 6.18. The first kappa shape index (κ1) is 15.2. The molecule has 1 atom stereocenters. The summed E-state index contributed by atoms with van der Waals surface area (Å²) in [6, 6.07) is 9.54. The monoisotopic (exact) mass is 336 g/mol. The van der Waals surface area contributed by atoms with Crippen LogP contribution in [0.2, 0.25) is 0 Å². The van der Waals surface area contributed by atoms with Gasteiger partial charge >= 0.3 is 0 Å². The van der Waals surface area contributed by atoms with Gasteiger partial charge in [0.05, 0.1) is 23.6 Å². The second-order valence-electron chi connectivity index (χ2n) is 5.35. The van der Waals surface area contributed by atoms with Gasteiger partial charge in [-0.15, -0.1) is 11.3 Å². The minimum Gasteiger partial charge on any atom is -0.352 e. The molecule has 0 aliphatic carbocycles. The Morgan fingerprint density at radius 2 is 2.09 bits per heavy atom. The van der Waals surface area contributed by atoms with Gasteiger partial charge in [0.25, 0.3) is 0 Å². The Bertz CT molecular complexity index is 769. The molecule has 2 heterocycles. The largest absolute Gasteiger partial charge is 0.352 e. The summed E-state index contributed by atoms with van der Waals surface area (Å²) in [6.07, 6.45) is 0.681. The van der Waals surface area contributed by atoms with E-state index in [1.807, 2.05) is 35.7 Å². The van der Waals surface area contributed by atoms with Gasteiger partial charge in [0.2, 0.25) is 5.91 Å². The molecule has 2 aromatic rings. The highest BCUT2D eigenvalue weighted by molar-refractivity contribution is 7.91. The van der Waals surface area contributed by atoms with Crippen LogP contribution in [0.25, 0.3) is 10.6 Å². The molecule has 3 rings (SSSR count). The quantitative estimate of drug-likeness (QED) is 0.921. The number of sulfone groups is 1.